The molecule has 2 aromatic heterocycles. The number of benzene rings is 1. The summed E-state index contributed by atoms with van der Waals surface area (Å²) < 4.78 is 77.8. The molecule has 0 aliphatic heterocycles. The number of hydrogen-bond acceptors (Lipinski definition) is 6. The van der Waals surface area contributed by atoms with E-state index in [-0.39, 0.29) is 40.3 Å². The molecule has 0 spiro atoms. The molecule has 4 rings (SSSR count). The van der Waals surface area contributed by atoms with Gasteiger partial charge in [0.15, 0.2) is 15.0 Å². The van der Waals surface area contributed by atoms with Crippen molar-refractivity contribution in [2.24, 2.45) is 5.92 Å². The van der Waals surface area contributed by atoms with Crippen LogP contribution in [0.25, 0.3) is 5.69 Å². The fourth-order valence-corrected chi connectivity index (χ4v) is 6.03. The Kier molecular flexibility index (Phi) is 6.47. The molecular formula is C21H17ClF4N4O3S. The minimum absolute atomic E-state index is 0.00991. The summed E-state index contributed by atoms with van der Waals surface area (Å²) in [4.78, 5) is 19.2. The molecule has 1 fully saturated rings. The standard InChI is InChI=1S/C21H17ClF4N4O3S/c22-19-13(11-30(29-19)15-9-27-20(28-10-15)21(24,25)26)8-16(31)7-12-1-6-18(12)34(32,33)17-4-2-14(23)3-5-17/h2-5,9-12,18H,1,6-8H2/t12-,18-/m0/s1. The molecule has 0 unspecified atom stereocenters. The van der Waals surface area contributed by atoms with Crippen LogP contribution in [0, 0.1) is 11.7 Å². The fourth-order valence-electron chi connectivity index (χ4n) is 3.78. The number of halogens is 5. The minimum Gasteiger partial charge on any atom is -0.299 e. The Labute approximate surface area is 196 Å². The van der Waals surface area contributed by atoms with Gasteiger partial charge >= 0.3 is 6.18 Å². The second-order valence-corrected chi connectivity index (χ2v) is 10.5. The number of alkyl halides is 3. The van der Waals surface area contributed by atoms with Crippen LogP contribution in [0.2, 0.25) is 5.15 Å². The molecule has 0 radical (unpaired) electrons. The van der Waals surface area contributed by atoms with Crippen LogP contribution in [-0.2, 0) is 27.2 Å². The Morgan fingerprint density at radius 1 is 1.12 bits per heavy atom. The molecular weight excluding hydrogens is 500 g/mol. The van der Waals surface area contributed by atoms with Crippen molar-refractivity contribution in [2.75, 3.05) is 0 Å². The van der Waals surface area contributed by atoms with Crippen molar-refractivity contribution in [1.29, 1.82) is 0 Å². The van der Waals surface area contributed by atoms with E-state index in [1.807, 2.05) is 0 Å². The monoisotopic (exact) mass is 516 g/mol. The normalized spacial score (nSPS) is 18.5. The van der Waals surface area contributed by atoms with Gasteiger partial charge in [0.05, 0.1) is 22.5 Å². The van der Waals surface area contributed by atoms with Crippen molar-refractivity contribution in [3.05, 3.63) is 65.2 Å². The highest BCUT2D eigenvalue weighted by molar-refractivity contribution is 7.92. The Hall–Kier alpha value is -2.86. The first-order valence-electron chi connectivity index (χ1n) is 10.1. The summed E-state index contributed by atoms with van der Waals surface area (Å²) >= 11 is 6.09. The van der Waals surface area contributed by atoms with Gasteiger partial charge in [0.2, 0.25) is 5.82 Å². The third kappa shape index (κ3) is 4.97. The van der Waals surface area contributed by atoms with Crippen LogP contribution in [0.1, 0.15) is 30.7 Å². The lowest BCUT2D eigenvalue weighted by atomic mass is 9.80. The fraction of sp³-hybridized carbons (Fsp3) is 0.333. The SMILES string of the molecule is O=C(Cc1cn(-c2cnc(C(F)(F)F)nc2)nc1Cl)C[C@@H]1CC[C@@H]1S(=O)(=O)c1ccc(F)cc1. The molecule has 1 aliphatic carbocycles. The number of nitrogens with zero attached hydrogens (tertiary/aromatic N) is 4. The van der Waals surface area contributed by atoms with Gasteiger partial charge in [0.25, 0.3) is 0 Å². The summed E-state index contributed by atoms with van der Waals surface area (Å²) in [5.74, 6) is -2.47. The number of Topliss-reactive ketones (excluding diaryl/α,β-unsaturated/α-hetero) is 1. The summed E-state index contributed by atoms with van der Waals surface area (Å²) in [5, 5.41) is 3.23. The summed E-state index contributed by atoms with van der Waals surface area (Å²) in [5.41, 5.74) is 0.460. The highest BCUT2D eigenvalue weighted by atomic mass is 35.5. The first-order chi connectivity index (χ1) is 15.9. The van der Waals surface area contributed by atoms with E-state index in [0.717, 1.165) is 29.2 Å². The third-order valence-electron chi connectivity index (χ3n) is 5.66. The Bertz CT molecular complexity index is 1310. The van der Waals surface area contributed by atoms with Gasteiger partial charge in [0, 0.05) is 24.6 Å². The van der Waals surface area contributed by atoms with E-state index < -0.39 is 32.9 Å². The molecule has 7 nitrogen and oxygen atoms in total. The number of rotatable bonds is 7. The van der Waals surface area contributed by atoms with Crippen molar-refractivity contribution in [2.45, 2.75) is 42.0 Å². The van der Waals surface area contributed by atoms with E-state index >= 15 is 0 Å². The topological polar surface area (TPSA) is 94.8 Å². The molecule has 2 heterocycles. The second-order valence-electron chi connectivity index (χ2n) is 7.95. The van der Waals surface area contributed by atoms with E-state index in [0.29, 0.717) is 18.4 Å². The van der Waals surface area contributed by atoms with Gasteiger partial charge in [-0.25, -0.2) is 27.5 Å². The summed E-state index contributed by atoms with van der Waals surface area (Å²) in [6, 6.07) is 4.57. The second kappa shape index (κ2) is 9.06. The van der Waals surface area contributed by atoms with E-state index in [2.05, 4.69) is 15.1 Å². The molecule has 1 aliphatic rings. The molecule has 1 aromatic carbocycles. The Balaban J connectivity index is 1.42. The smallest absolute Gasteiger partial charge is 0.299 e. The molecule has 2 atom stereocenters. The zero-order chi connectivity index (χ0) is 24.7. The zero-order valence-corrected chi connectivity index (χ0v) is 18.9. The summed E-state index contributed by atoms with van der Waals surface area (Å²) in [6.07, 6.45) is -0.567. The lowest BCUT2D eigenvalue weighted by molar-refractivity contribution is -0.145. The van der Waals surface area contributed by atoms with Crippen molar-refractivity contribution in [3.8, 4) is 5.69 Å². The molecule has 0 saturated heterocycles. The van der Waals surface area contributed by atoms with Gasteiger partial charge in [-0.1, -0.05) is 11.6 Å². The lowest BCUT2D eigenvalue weighted by Gasteiger charge is -2.35. The van der Waals surface area contributed by atoms with E-state index in [1.54, 1.807) is 0 Å². The van der Waals surface area contributed by atoms with Crippen LogP contribution < -0.4 is 0 Å². The largest absolute Gasteiger partial charge is 0.451 e. The van der Waals surface area contributed by atoms with Crippen LogP contribution in [0.15, 0.2) is 47.8 Å². The van der Waals surface area contributed by atoms with E-state index in [9.17, 15) is 30.8 Å². The maximum absolute atomic E-state index is 13.1. The van der Waals surface area contributed by atoms with E-state index in [1.165, 1.54) is 18.3 Å². The van der Waals surface area contributed by atoms with Crippen molar-refractivity contribution in [3.63, 3.8) is 0 Å². The third-order valence-corrected chi connectivity index (χ3v) is 8.33. The lowest BCUT2D eigenvalue weighted by Crippen LogP contribution is -2.40. The highest BCUT2D eigenvalue weighted by Gasteiger charge is 2.42. The molecule has 1 saturated carbocycles. The van der Waals surface area contributed by atoms with Gasteiger partial charge in [0.1, 0.15) is 17.3 Å². The molecule has 3 aromatic rings. The Morgan fingerprint density at radius 2 is 1.76 bits per heavy atom. The van der Waals surface area contributed by atoms with Gasteiger partial charge < -0.3 is 0 Å². The maximum Gasteiger partial charge on any atom is 0.451 e. The predicted molar refractivity (Wildman–Crippen MR) is 113 cm³/mol. The zero-order valence-electron chi connectivity index (χ0n) is 17.3. The molecule has 0 amide bonds. The number of carbonyl (C=O) groups is 1. The van der Waals surface area contributed by atoms with Crippen molar-refractivity contribution in [1.82, 2.24) is 19.7 Å². The van der Waals surface area contributed by atoms with Crippen molar-refractivity contribution >= 4 is 27.2 Å². The number of carbonyl (C=O) groups excluding carboxylic acids is 1. The molecule has 180 valence electrons. The average molecular weight is 517 g/mol. The Morgan fingerprint density at radius 3 is 2.32 bits per heavy atom. The summed E-state index contributed by atoms with van der Waals surface area (Å²) in [6.45, 7) is 0. The van der Waals surface area contributed by atoms with Gasteiger partial charge in [-0.15, -0.1) is 0 Å². The predicted octanol–water partition coefficient (Wildman–Crippen LogP) is 4.23. The first kappa shape index (κ1) is 24.3. The van der Waals surface area contributed by atoms with Crippen LogP contribution in [0.3, 0.4) is 0 Å². The summed E-state index contributed by atoms with van der Waals surface area (Å²) in [7, 11) is -3.70. The van der Waals surface area contributed by atoms with E-state index in [4.69, 9.17) is 11.6 Å². The van der Waals surface area contributed by atoms with Crippen LogP contribution in [-0.4, -0.2) is 39.2 Å². The van der Waals surface area contributed by atoms with Gasteiger partial charge in [-0.05, 0) is 43.0 Å². The molecule has 0 bridgehead atoms. The van der Waals surface area contributed by atoms with Crippen LogP contribution in [0.5, 0.6) is 0 Å². The average Bonchev–Trinajstić information content (AvgIpc) is 3.11. The van der Waals surface area contributed by atoms with Gasteiger partial charge in [-0.2, -0.15) is 18.3 Å². The van der Waals surface area contributed by atoms with Gasteiger partial charge in [-0.3, -0.25) is 4.79 Å². The quantitative estimate of drug-likeness (QED) is 0.344. The number of ketones is 1. The van der Waals surface area contributed by atoms with Crippen molar-refractivity contribution < 1.29 is 30.8 Å². The van der Waals surface area contributed by atoms with Crippen LogP contribution in [0.4, 0.5) is 17.6 Å². The number of aromatic nitrogens is 4. The molecule has 13 heteroatoms. The minimum atomic E-state index is -4.68. The molecule has 34 heavy (non-hydrogen) atoms. The number of hydrogen-bond donors (Lipinski definition) is 0. The number of sulfone groups is 1. The molecule has 0 N–H and O–H groups in total. The maximum atomic E-state index is 13.1. The van der Waals surface area contributed by atoms with Crippen LogP contribution >= 0.6 is 11.6 Å². The highest BCUT2D eigenvalue weighted by Crippen LogP contribution is 2.39. The first-order valence-corrected chi connectivity index (χ1v) is 12.0.